The van der Waals surface area contributed by atoms with Crippen LogP contribution in [-0.2, 0) is 4.74 Å². The van der Waals surface area contributed by atoms with E-state index >= 15 is 0 Å². The fourth-order valence-corrected chi connectivity index (χ4v) is 1.28. The highest BCUT2D eigenvalue weighted by Gasteiger charge is 2.20. The van der Waals surface area contributed by atoms with Crippen LogP contribution in [0.4, 0.5) is 0 Å². The Kier molecular flexibility index (Phi) is 2.70. The highest BCUT2D eigenvalue weighted by atomic mass is 16.5. The molecule has 2 atom stereocenters. The number of nitriles is 1. The Labute approximate surface area is 61.8 Å². The van der Waals surface area contributed by atoms with Crippen LogP contribution in [0.15, 0.2) is 0 Å². The third kappa shape index (κ3) is 1.71. The average molecular weight is 139 g/mol. The first-order valence-electron chi connectivity index (χ1n) is 3.88. The Bertz CT molecular complexity index is 139. The van der Waals surface area contributed by atoms with E-state index in [0.717, 1.165) is 25.9 Å². The molecule has 2 heteroatoms. The van der Waals surface area contributed by atoms with Crippen LogP contribution in [0.2, 0.25) is 0 Å². The van der Waals surface area contributed by atoms with Crippen LogP contribution in [0.1, 0.15) is 26.2 Å². The summed E-state index contributed by atoms with van der Waals surface area (Å²) in [7, 11) is 0. The minimum atomic E-state index is 0.249. The van der Waals surface area contributed by atoms with Crippen molar-refractivity contribution < 1.29 is 4.74 Å². The molecule has 1 fully saturated rings. The largest absolute Gasteiger partial charge is 0.378 e. The fraction of sp³-hybridized carbons (Fsp3) is 0.875. The second-order valence-electron chi connectivity index (χ2n) is 2.75. The number of nitrogens with zero attached hydrogens (tertiary/aromatic N) is 1. The first kappa shape index (κ1) is 7.56. The maximum Gasteiger partial charge on any atom is 0.0657 e. The summed E-state index contributed by atoms with van der Waals surface area (Å²) in [6.45, 7) is 2.88. The molecule has 0 N–H and O–H groups in total. The van der Waals surface area contributed by atoms with E-state index in [-0.39, 0.29) is 5.92 Å². The van der Waals surface area contributed by atoms with Crippen LogP contribution in [0.3, 0.4) is 0 Å². The van der Waals surface area contributed by atoms with Crippen molar-refractivity contribution in [1.29, 1.82) is 5.26 Å². The molecule has 0 bridgehead atoms. The lowest BCUT2D eigenvalue weighted by atomic mass is 9.96. The van der Waals surface area contributed by atoms with E-state index in [2.05, 4.69) is 13.0 Å². The Morgan fingerprint density at radius 1 is 1.70 bits per heavy atom. The number of hydrogen-bond donors (Lipinski definition) is 0. The van der Waals surface area contributed by atoms with Crippen molar-refractivity contribution in [1.82, 2.24) is 0 Å². The Morgan fingerprint density at radius 2 is 2.50 bits per heavy atom. The van der Waals surface area contributed by atoms with Gasteiger partial charge in [0.05, 0.1) is 18.1 Å². The van der Waals surface area contributed by atoms with Gasteiger partial charge >= 0.3 is 0 Å². The summed E-state index contributed by atoms with van der Waals surface area (Å²) in [4.78, 5) is 0. The van der Waals surface area contributed by atoms with Gasteiger partial charge in [0.15, 0.2) is 0 Å². The minimum Gasteiger partial charge on any atom is -0.378 e. The summed E-state index contributed by atoms with van der Waals surface area (Å²) in [5.74, 6) is 0.249. The Hall–Kier alpha value is -0.550. The molecule has 1 aliphatic rings. The molecule has 0 aromatic carbocycles. The summed E-state index contributed by atoms with van der Waals surface area (Å²) in [6, 6.07) is 2.29. The summed E-state index contributed by atoms with van der Waals surface area (Å²) in [5.41, 5.74) is 0. The highest BCUT2D eigenvalue weighted by molar-refractivity contribution is 4.86. The van der Waals surface area contributed by atoms with E-state index in [1.54, 1.807) is 0 Å². The molecule has 10 heavy (non-hydrogen) atoms. The monoisotopic (exact) mass is 139 g/mol. The van der Waals surface area contributed by atoms with Crippen LogP contribution in [0.5, 0.6) is 0 Å². The van der Waals surface area contributed by atoms with Crippen molar-refractivity contribution in [2.75, 3.05) is 6.61 Å². The van der Waals surface area contributed by atoms with Crippen molar-refractivity contribution >= 4 is 0 Å². The van der Waals surface area contributed by atoms with Gasteiger partial charge in [0.2, 0.25) is 0 Å². The van der Waals surface area contributed by atoms with Gasteiger partial charge in [-0.05, 0) is 19.3 Å². The molecule has 0 saturated carbocycles. The van der Waals surface area contributed by atoms with Gasteiger partial charge < -0.3 is 4.74 Å². The van der Waals surface area contributed by atoms with Gasteiger partial charge in [-0.15, -0.1) is 0 Å². The van der Waals surface area contributed by atoms with E-state index in [4.69, 9.17) is 10.00 Å². The van der Waals surface area contributed by atoms with E-state index in [9.17, 15) is 0 Å². The molecule has 56 valence electrons. The fourth-order valence-electron chi connectivity index (χ4n) is 1.28. The normalized spacial score (nSPS) is 33.2. The maximum atomic E-state index is 8.60. The van der Waals surface area contributed by atoms with Gasteiger partial charge in [-0.1, -0.05) is 6.92 Å². The van der Waals surface area contributed by atoms with Crippen LogP contribution in [0, 0.1) is 17.2 Å². The minimum absolute atomic E-state index is 0.249. The van der Waals surface area contributed by atoms with Crippen LogP contribution < -0.4 is 0 Å². The van der Waals surface area contributed by atoms with Crippen molar-refractivity contribution in [3.63, 3.8) is 0 Å². The zero-order valence-corrected chi connectivity index (χ0v) is 6.34. The zero-order chi connectivity index (χ0) is 7.40. The molecule has 0 radical (unpaired) electrons. The topological polar surface area (TPSA) is 33.0 Å². The molecule has 1 rings (SSSR count). The molecule has 0 aromatic heterocycles. The maximum absolute atomic E-state index is 8.60. The Balaban J connectivity index is 2.33. The molecule has 1 heterocycles. The average Bonchev–Trinajstić information content (AvgIpc) is 2.05. The third-order valence-electron chi connectivity index (χ3n) is 2.01. The quantitative estimate of drug-likeness (QED) is 0.554. The smallest absolute Gasteiger partial charge is 0.0657 e. The summed E-state index contributed by atoms with van der Waals surface area (Å²) >= 11 is 0. The van der Waals surface area contributed by atoms with Crippen LogP contribution in [-0.4, -0.2) is 12.7 Å². The standard InChI is InChI=1S/C8H13NO/c1-2-8-5-7(6-9)3-4-10-8/h7-8H,2-5H2,1H3/t7-,8-/m1/s1. The summed E-state index contributed by atoms with van der Waals surface area (Å²) < 4.78 is 5.41. The molecule has 0 unspecified atom stereocenters. The first-order chi connectivity index (χ1) is 4.86. The lowest BCUT2D eigenvalue weighted by molar-refractivity contribution is 0.000407. The third-order valence-corrected chi connectivity index (χ3v) is 2.01. The molecule has 1 aliphatic heterocycles. The number of ether oxygens (including phenoxy) is 1. The zero-order valence-electron chi connectivity index (χ0n) is 6.34. The van der Waals surface area contributed by atoms with Gasteiger partial charge in [-0.3, -0.25) is 0 Å². The van der Waals surface area contributed by atoms with E-state index in [1.807, 2.05) is 0 Å². The predicted molar refractivity (Wildman–Crippen MR) is 38.4 cm³/mol. The van der Waals surface area contributed by atoms with Crippen molar-refractivity contribution in [2.24, 2.45) is 5.92 Å². The lowest BCUT2D eigenvalue weighted by Gasteiger charge is -2.24. The molecule has 2 nitrogen and oxygen atoms in total. The first-order valence-corrected chi connectivity index (χ1v) is 3.88. The molecule has 0 aliphatic carbocycles. The summed E-state index contributed by atoms with van der Waals surface area (Å²) in [6.07, 6.45) is 3.25. The number of rotatable bonds is 1. The number of hydrogen-bond acceptors (Lipinski definition) is 2. The van der Waals surface area contributed by atoms with E-state index in [0.29, 0.717) is 6.10 Å². The van der Waals surface area contributed by atoms with Crippen molar-refractivity contribution in [3.8, 4) is 6.07 Å². The van der Waals surface area contributed by atoms with Gasteiger partial charge in [0.25, 0.3) is 0 Å². The predicted octanol–water partition coefficient (Wildman–Crippen LogP) is 1.72. The molecule has 1 saturated heterocycles. The Morgan fingerprint density at radius 3 is 3.10 bits per heavy atom. The van der Waals surface area contributed by atoms with Gasteiger partial charge in [-0.25, -0.2) is 0 Å². The van der Waals surface area contributed by atoms with Gasteiger partial charge in [-0.2, -0.15) is 5.26 Å². The van der Waals surface area contributed by atoms with Crippen molar-refractivity contribution in [2.45, 2.75) is 32.3 Å². The van der Waals surface area contributed by atoms with Crippen LogP contribution in [0.25, 0.3) is 0 Å². The van der Waals surface area contributed by atoms with E-state index < -0.39 is 0 Å². The second kappa shape index (κ2) is 3.58. The molecule has 0 spiro atoms. The molecule has 0 amide bonds. The van der Waals surface area contributed by atoms with Crippen LogP contribution >= 0.6 is 0 Å². The van der Waals surface area contributed by atoms with Gasteiger partial charge in [0.1, 0.15) is 0 Å². The lowest BCUT2D eigenvalue weighted by Crippen LogP contribution is -2.23. The molecular weight excluding hydrogens is 126 g/mol. The second-order valence-corrected chi connectivity index (χ2v) is 2.75. The molecule has 0 aromatic rings. The molecular formula is C8H13NO. The SMILES string of the molecule is CC[C@@H]1C[C@H](C#N)CCO1. The van der Waals surface area contributed by atoms with E-state index in [1.165, 1.54) is 0 Å². The van der Waals surface area contributed by atoms with Gasteiger partial charge in [0, 0.05) is 6.61 Å². The summed E-state index contributed by atoms with van der Waals surface area (Å²) in [5, 5.41) is 8.60. The van der Waals surface area contributed by atoms with Crippen molar-refractivity contribution in [3.05, 3.63) is 0 Å². The highest BCUT2D eigenvalue weighted by Crippen LogP contribution is 2.20.